The molecule has 4 nitrogen and oxygen atoms in total. The molecule has 1 aliphatic heterocycles. The molecule has 2 rings (SSSR count). The van der Waals surface area contributed by atoms with Gasteiger partial charge in [0.2, 0.25) is 5.91 Å². The van der Waals surface area contributed by atoms with Crippen LogP contribution < -0.4 is 15.8 Å². The summed E-state index contributed by atoms with van der Waals surface area (Å²) in [5, 5.41) is 3.03. The van der Waals surface area contributed by atoms with E-state index in [9.17, 15) is 4.79 Å². The first kappa shape index (κ1) is 13.9. The number of amides is 1. The van der Waals surface area contributed by atoms with Gasteiger partial charge < -0.3 is 15.8 Å². The number of ether oxygens (including phenoxy) is 1. The Morgan fingerprint density at radius 2 is 2.05 bits per heavy atom. The minimum absolute atomic E-state index is 0.0599. The smallest absolute Gasteiger partial charge is 0.239 e. The maximum atomic E-state index is 12.1. The number of benzene rings is 1. The summed E-state index contributed by atoms with van der Waals surface area (Å²) < 4.78 is 5.93. The second-order valence-corrected chi connectivity index (χ2v) is 6.35. The van der Waals surface area contributed by atoms with Crippen LogP contribution in [0.3, 0.4) is 0 Å². The molecule has 1 unspecified atom stereocenters. The van der Waals surface area contributed by atoms with Crippen molar-refractivity contribution in [3.8, 4) is 5.75 Å². The summed E-state index contributed by atoms with van der Waals surface area (Å²) in [7, 11) is 0. The van der Waals surface area contributed by atoms with Crippen molar-refractivity contribution in [3.05, 3.63) is 29.8 Å². The number of fused-ring (bicyclic) bond motifs is 1. The molecule has 1 aromatic rings. The highest BCUT2D eigenvalue weighted by Gasteiger charge is 2.35. The second kappa shape index (κ2) is 4.53. The van der Waals surface area contributed by atoms with Gasteiger partial charge in [-0.15, -0.1) is 0 Å². The predicted molar refractivity (Wildman–Crippen MR) is 74.9 cm³/mol. The molecule has 3 N–H and O–H groups in total. The van der Waals surface area contributed by atoms with Crippen LogP contribution in [-0.4, -0.2) is 17.0 Å². The molecule has 0 saturated heterocycles. The Morgan fingerprint density at radius 1 is 1.42 bits per heavy atom. The molecule has 19 heavy (non-hydrogen) atoms. The van der Waals surface area contributed by atoms with Gasteiger partial charge in [-0.3, -0.25) is 4.79 Å². The Hall–Kier alpha value is -1.55. The van der Waals surface area contributed by atoms with E-state index in [2.05, 4.69) is 5.32 Å². The van der Waals surface area contributed by atoms with Gasteiger partial charge in [0.05, 0.1) is 11.6 Å². The van der Waals surface area contributed by atoms with Crippen LogP contribution in [0.1, 0.15) is 45.7 Å². The molecule has 1 amide bonds. The molecular weight excluding hydrogens is 240 g/mol. The second-order valence-electron chi connectivity index (χ2n) is 6.35. The largest absolute Gasteiger partial charge is 0.487 e. The number of hydrogen-bond acceptors (Lipinski definition) is 3. The number of carbonyl (C=O) groups is 1. The number of nitrogens with one attached hydrogen (secondary N) is 1. The van der Waals surface area contributed by atoms with Crippen LogP contribution in [0.15, 0.2) is 24.3 Å². The molecule has 0 spiro atoms. The van der Waals surface area contributed by atoms with Crippen molar-refractivity contribution in [1.82, 2.24) is 5.32 Å². The molecule has 0 aliphatic carbocycles. The summed E-state index contributed by atoms with van der Waals surface area (Å²) in [6.45, 7) is 7.46. The summed E-state index contributed by atoms with van der Waals surface area (Å²) in [4.78, 5) is 12.1. The topological polar surface area (TPSA) is 64.4 Å². The SMILES string of the molecule is CC1(C)CC(NC(=O)C(C)(C)N)c2ccccc2O1. The molecular formula is C15H22N2O2. The molecule has 1 aromatic carbocycles. The van der Waals surface area contributed by atoms with Crippen LogP contribution in [0.4, 0.5) is 0 Å². The van der Waals surface area contributed by atoms with E-state index in [0.717, 1.165) is 17.7 Å². The van der Waals surface area contributed by atoms with Gasteiger partial charge in [-0.2, -0.15) is 0 Å². The van der Waals surface area contributed by atoms with Gasteiger partial charge in [-0.1, -0.05) is 18.2 Å². The summed E-state index contributed by atoms with van der Waals surface area (Å²) in [5.41, 5.74) is 5.68. The average molecular weight is 262 g/mol. The van der Waals surface area contributed by atoms with Crippen molar-refractivity contribution < 1.29 is 9.53 Å². The van der Waals surface area contributed by atoms with Gasteiger partial charge in [-0.25, -0.2) is 0 Å². The lowest BCUT2D eigenvalue weighted by molar-refractivity contribution is -0.126. The van der Waals surface area contributed by atoms with E-state index < -0.39 is 5.54 Å². The first-order valence-corrected chi connectivity index (χ1v) is 6.57. The Balaban J connectivity index is 2.28. The summed E-state index contributed by atoms with van der Waals surface area (Å²) in [6.07, 6.45) is 0.728. The van der Waals surface area contributed by atoms with E-state index in [4.69, 9.17) is 10.5 Å². The Bertz CT molecular complexity index is 489. The maximum absolute atomic E-state index is 12.1. The van der Waals surface area contributed by atoms with Crippen molar-refractivity contribution in [2.45, 2.75) is 51.3 Å². The van der Waals surface area contributed by atoms with Crippen molar-refractivity contribution in [3.63, 3.8) is 0 Å². The summed E-state index contributed by atoms with van der Waals surface area (Å²) in [6, 6.07) is 7.75. The van der Waals surface area contributed by atoms with E-state index in [-0.39, 0.29) is 17.6 Å². The Morgan fingerprint density at radius 3 is 2.68 bits per heavy atom. The molecule has 4 heteroatoms. The first-order chi connectivity index (χ1) is 8.69. The van der Waals surface area contributed by atoms with Gasteiger partial charge in [0, 0.05) is 12.0 Å². The molecule has 1 aliphatic rings. The van der Waals surface area contributed by atoms with Gasteiger partial charge in [0.1, 0.15) is 11.4 Å². The minimum atomic E-state index is -0.878. The van der Waals surface area contributed by atoms with Crippen molar-refractivity contribution in [2.75, 3.05) is 0 Å². The van der Waals surface area contributed by atoms with E-state index in [0.29, 0.717) is 0 Å². The lowest BCUT2D eigenvalue weighted by Crippen LogP contribution is -2.52. The molecule has 0 aromatic heterocycles. The highest BCUT2D eigenvalue weighted by atomic mass is 16.5. The number of hydrogen-bond donors (Lipinski definition) is 2. The molecule has 1 atom stereocenters. The van der Waals surface area contributed by atoms with Crippen LogP contribution in [0, 0.1) is 0 Å². The van der Waals surface area contributed by atoms with Crippen LogP contribution in [0.2, 0.25) is 0 Å². The van der Waals surface area contributed by atoms with E-state index in [1.807, 2.05) is 38.1 Å². The Kier molecular flexibility index (Phi) is 3.31. The third-order valence-electron chi connectivity index (χ3n) is 3.27. The number of nitrogens with two attached hydrogens (primary N) is 1. The molecule has 104 valence electrons. The minimum Gasteiger partial charge on any atom is -0.487 e. The zero-order chi connectivity index (χ0) is 14.3. The van der Waals surface area contributed by atoms with Crippen molar-refractivity contribution >= 4 is 5.91 Å². The third-order valence-corrected chi connectivity index (χ3v) is 3.27. The number of carbonyl (C=O) groups excluding carboxylic acids is 1. The normalized spacial score (nSPS) is 21.2. The summed E-state index contributed by atoms with van der Waals surface area (Å²) in [5.74, 6) is 0.684. The van der Waals surface area contributed by atoms with Gasteiger partial charge in [0.15, 0.2) is 0 Å². The van der Waals surface area contributed by atoms with Crippen LogP contribution in [-0.2, 0) is 4.79 Å². The number of para-hydroxylation sites is 1. The molecule has 0 bridgehead atoms. The fourth-order valence-corrected chi connectivity index (χ4v) is 2.28. The fourth-order valence-electron chi connectivity index (χ4n) is 2.28. The van der Waals surface area contributed by atoms with Crippen LogP contribution in [0.25, 0.3) is 0 Å². The van der Waals surface area contributed by atoms with E-state index in [1.54, 1.807) is 13.8 Å². The molecule has 0 radical (unpaired) electrons. The predicted octanol–water partition coefficient (Wildman–Crippen LogP) is 2.14. The zero-order valence-corrected chi connectivity index (χ0v) is 12.0. The zero-order valence-electron chi connectivity index (χ0n) is 12.0. The maximum Gasteiger partial charge on any atom is 0.239 e. The monoisotopic (exact) mass is 262 g/mol. The standard InChI is InChI=1S/C15H22N2O2/c1-14(2)9-11(17-13(18)15(3,4)16)10-7-5-6-8-12(10)19-14/h5-8,11H,9,16H2,1-4H3,(H,17,18). The first-order valence-electron chi connectivity index (χ1n) is 6.57. The van der Waals surface area contributed by atoms with Gasteiger partial charge in [-0.05, 0) is 33.8 Å². The van der Waals surface area contributed by atoms with Crippen LogP contribution >= 0.6 is 0 Å². The summed E-state index contributed by atoms with van der Waals surface area (Å²) >= 11 is 0. The van der Waals surface area contributed by atoms with Gasteiger partial charge in [0.25, 0.3) is 0 Å². The number of rotatable bonds is 2. The fraction of sp³-hybridized carbons (Fsp3) is 0.533. The van der Waals surface area contributed by atoms with E-state index >= 15 is 0 Å². The van der Waals surface area contributed by atoms with Crippen LogP contribution in [0.5, 0.6) is 5.75 Å². The third kappa shape index (κ3) is 3.07. The highest BCUT2D eigenvalue weighted by molar-refractivity contribution is 5.85. The van der Waals surface area contributed by atoms with E-state index in [1.165, 1.54) is 0 Å². The van der Waals surface area contributed by atoms with Crippen molar-refractivity contribution in [1.29, 1.82) is 0 Å². The van der Waals surface area contributed by atoms with Crippen molar-refractivity contribution in [2.24, 2.45) is 5.73 Å². The Labute approximate surface area is 114 Å². The quantitative estimate of drug-likeness (QED) is 0.858. The average Bonchev–Trinajstić information content (AvgIpc) is 2.26. The highest BCUT2D eigenvalue weighted by Crippen LogP contribution is 2.39. The molecule has 0 fully saturated rings. The lowest BCUT2D eigenvalue weighted by atomic mass is 9.89. The van der Waals surface area contributed by atoms with Gasteiger partial charge >= 0.3 is 0 Å². The molecule has 1 heterocycles. The molecule has 0 saturated carbocycles. The lowest BCUT2D eigenvalue weighted by Gasteiger charge is -2.38.